The van der Waals surface area contributed by atoms with E-state index in [0.29, 0.717) is 13.2 Å². The fourth-order valence-corrected chi connectivity index (χ4v) is 1.24. The lowest BCUT2D eigenvalue weighted by Gasteiger charge is -2.08. The van der Waals surface area contributed by atoms with E-state index in [-0.39, 0.29) is 0 Å². The maximum Gasteiger partial charge on any atom is 0.126 e. The van der Waals surface area contributed by atoms with Crippen LogP contribution in [0.1, 0.15) is 18.9 Å². The van der Waals surface area contributed by atoms with Crippen LogP contribution in [0.4, 0.5) is 0 Å². The first kappa shape index (κ1) is 11.8. The van der Waals surface area contributed by atoms with Crippen LogP contribution in [0, 0.1) is 0 Å². The second kappa shape index (κ2) is 7.07. The average Bonchev–Trinajstić information content (AvgIpc) is 2.29. The van der Waals surface area contributed by atoms with Crippen LogP contribution in [0.2, 0.25) is 0 Å². The summed E-state index contributed by atoms with van der Waals surface area (Å²) < 4.78 is 10.9. The zero-order valence-corrected chi connectivity index (χ0v) is 9.24. The maximum atomic E-state index is 5.58. The van der Waals surface area contributed by atoms with E-state index in [0.717, 1.165) is 24.3 Å². The zero-order chi connectivity index (χ0) is 10.9. The molecule has 1 aromatic rings. The fourth-order valence-electron chi connectivity index (χ4n) is 1.24. The van der Waals surface area contributed by atoms with Crippen LogP contribution in [0.3, 0.4) is 0 Å². The summed E-state index contributed by atoms with van der Waals surface area (Å²) in [5, 5.41) is 0. The van der Waals surface area contributed by atoms with Gasteiger partial charge in [-0.1, -0.05) is 37.8 Å². The molecule has 0 radical (unpaired) electrons. The highest BCUT2D eigenvalue weighted by Gasteiger charge is 1.98. The molecule has 0 atom stereocenters. The molecule has 82 valence electrons. The first-order valence-electron chi connectivity index (χ1n) is 5.30. The van der Waals surface area contributed by atoms with Gasteiger partial charge in [-0.05, 0) is 12.5 Å². The third-order valence-corrected chi connectivity index (χ3v) is 1.97. The highest BCUT2D eigenvalue weighted by atomic mass is 16.5. The van der Waals surface area contributed by atoms with E-state index in [2.05, 4.69) is 13.5 Å². The minimum absolute atomic E-state index is 0.588. The summed E-state index contributed by atoms with van der Waals surface area (Å²) in [6.07, 6.45) is 2.84. The van der Waals surface area contributed by atoms with Gasteiger partial charge in [0.2, 0.25) is 0 Å². The quantitative estimate of drug-likeness (QED) is 0.638. The van der Waals surface area contributed by atoms with E-state index in [1.807, 2.05) is 24.3 Å². The molecule has 0 aromatic heterocycles. The number of benzene rings is 1. The first-order valence-corrected chi connectivity index (χ1v) is 5.30. The molecular weight excluding hydrogens is 188 g/mol. The molecule has 0 aliphatic rings. The number of ether oxygens (including phenoxy) is 2. The molecule has 1 aromatic carbocycles. The summed E-state index contributed by atoms with van der Waals surface area (Å²) >= 11 is 0. The summed E-state index contributed by atoms with van der Waals surface area (Å²) in [4.78, 5) is 0. The minimum atomic E-state index is 0.588. The van der Waals surface area contributed by atoms with Crippen molar-refractivity contribution in [3.05, 3.63) is 36.4 Å². The third-order valence-electron chi connectivity index (χ3n) is 1.97. The summed E-state index contributed by atoms with van der Waals surface area (Å²) in [6, 6.07) is 7.85. The Morgan fingerprint density at radius 2 is 2.00 bits per heavy atom. The Kier molecular flexibility index (Phi) is 5.56. The van der Waals surface area contributed by atoms with E-state index in [1.165, 1.54) is 0 Å². The molecule has 1 rings (SSSR count). The van der Waals surface area contributed by atoms with Gasteiger partial charge in [0, 0.05) is 12.2 Å². The van der Waals surface area contributed by atoms with Gasteiger partial charge >= 0.3 is 0 Å². The predicted molar refractivity (Wildman–Crippen MR) is 63.1 cm³/mol. The molecule has 0 N–H and O–H groups in total. The van der Waals surface area contributed by atoms with Crippen LogP contribution in [-0.4, -0.2) is 19.8 Å². The molecular formula is C13H18O2. The number of hydrogen-bond acceptors (Lipinski definition) is 2. The van der Waals surface area contributed by atoms with Gasteiger partial charge in [-0.15, -0.1) is 0 Å². The lowest BCUT2D eigenvalue weighted by Crippen LogP contribution is -2.07. The van der Waals surface area contributed by atoms with Crippen LogP contribution < -0.4 is 4.74 Å². The highest BCUT2D eigenvalue weighted by molar-refractivity contribution is 5.55. The Morgan fingerprint density at radius 1 is 1.20 bits per heavy atom. The third kappa shape index (κ3) is 4.17. The molecule has 0 unspecified atom stereocenters. The van der Waals surface area contributed by atoms with Gasteiger partial charge < -0.3 is 9.47 Å². The van der Waals surface area contributed by atoms with Gasteiger partial charge in [-0.2, -0.15) is 0 Å². The molecule has 0 spiro atoms. The van der Waals surface area contributed by atoms with Gasteiger partial charge in [-0.3, -0.25) is 0 Å². The van der Waals surface area contributed by atoms with E-state index < -0.39 is 0 Å². The van der Waals surface area contributed by atoms with Crippen molar-refractivity contribution in [2.75, 3.05) is 19.8 Å². The molecule has 0 saturated heterocycles. The second-order valence-electron chi connectivity index (χ2n) is 3.20. The Labute approximate surface area is 91.5 Å². The monoisotopic (exact) mass is 206 g/mol. The van der Waals surface area contributed by atoms with Crippen LogP contribution in [-0.2, 0) is 4.74 Å². The Morgan fingerprint density at radius 3 is 2.73 bits per heavy atom. The molecule has 2 heteroatoms. The molecule has 2 nitrogen and oxygen atoms in total. The second-order valence-corrected chi connectivity index (χ2v) is 3.20. The van der Waals surface area contributed by atoms with Crippen molar-refractivity contribution in [2.24, 2.45) is 0 Å². The topological polar surface area (TPSA) is 18.5 Å². The SMILES string of the molecule is C=Cc1ccccc1OCCOCCC. The van der Waals surface area contributed by atoms with E-state index in [1.54, 1.807) is 6.08 Å². The Hall–Kier alpha value is -1.28. The number of hydrogen-bond donors (Lipinski definition) is 0. The lowest BCUT2D eigenvalue weighted by atomic mass is 10.2. The van der Waals surface area contributed by atoms with Crippen molar-refractivity contribution in [2.45, 2.75) is 13.3 Å². The largest absolute Gasteiger partial charge is 0.491 e. The van der Waals surface area contributed by atoms with Crippen LogP contribution >= 0.6 is 0 Å². The van der Waals surface area contributed by atoms with Crippen molar-refractivity contribution < 1.29 is 9.47 Å². The Balaban J connectivity index is 2.33. The van der Waals surface area contributed by atoms with Crippen molar-refractivity contribution in [1.82, 2.24) is 0 Å². The normalized spacial score (nSPS) is 9.93. The molecule has 0 heterocycles. The molecule has 15 heavy (non-hydrogen) atoms. The molecule has 0 amide bonds. The van der Waals surface area contributed by atoms with Crippen molar-refractivity contribution in [1.29, 1.82) is 0 Å². The molecule has 0 fully saturated rings. The lowest BCUT2D eigenvalue weighted by molar-refractivity contribution is 0.101. The first-order chi connectivity index (χ1) is 7.38. The highest BCUT2D eigenvalue weighted by Crippen LogP contribution is 2.18. The van der Waals surface area contributed by atoms with Crippen molar-refractivity contribution in [3.8, 4) is 5.75 Å². The molecule has 0 bridgehead atoms. The Bertz CT molecular complexity index is 294. The van der Waals surface area contributed by atoms with Gasteiger partial charge in [0.05, 0.1) is 6.61 Å². The van der Waals surface area contributed by atoms with Crippen LogP contribution in [0.25, 0.3) is 6.08 Å². The molecule has 0 aliphatic heterocycles. The fraction of sp³-hybridized carbons (Fsp3) is 0.385. The number of para-hydroxylation sites is 1. The molecule has 0 saturated carbocycles. The summed E-state index contributed by atoms with van der Waals surface area (Å²) in [6.45, 7) is 7.85. The summed E-state index contributed by atoms with van der Waals surface area (Å²) in [5.74, 6) is 0.868. The van der Waals surface area contributed by atoms with Crippen LogP contribution in [0.15, 0.2) is 30.8 Å². The zero-order valence-electron chi connectivity index (χ0n) is 9.24. The van der Waals surface area contributed by atoms with Crippen molar-refractivity contribution in [3.63, 3.8) is 0 Å². The van der Waals surface area contributed by atoms with E-state index in [9.17, 15) is 0 Å². The predicted octanol–water partition coefficient (Wildman–Crippen LogP) is 3.14. The summed E-state index contributed by atoms with van der Waals surface area (Å²) in [5.41, 5.74) is 1.02. The van der Waals surface area contributed by atoms with E-state index in [4.69, 9.17) is 9.47 Å². The van der Waals surface area contributed by atoms with Gasteiger partial charge in [0.15, 0.2) is 0 Å². The minimum Gasteiger partial charge on any atom is -0.491 e. The molecule has 0 aliphatic carbocycles. The summed E-state index contributed by atoms with van der Waals surface area (Å²) in [7, 11) is 0. The van der Waals surface area contributed by atoms with Crippen LogP contribution in [0.5, 0.6) is 5.75 Å². The maximum absolute atomic E-state index is 5.58. The van der Waals surface area contributed by atoms with E-state index >= 15 is 0 Å². The van der Waals surface area contributed by atoms with Gasteiger partial charge in [-0.25, -0.2) is 0 Å². The van der Waals surface area contributed by atoms with Gasteiger partial charge in [0.1, 0.15) is 12.4 Å². The van der Waals surface area contributed by atoms with Gasteiger partial charge in [0.25, 0.3) is 0 Å². The average molecular weight is 206 g/mol. The number of rotatable bonds is 7. The smallest absolute Gasteiger partial charge is 0.126 e. The standard InChI is InChI=1S/C13H18O2/c1-3-9-14-10-11-15-13-8-6-5-7-12(13)4-2/h4-8H,2-3,9-11H2,1H3. The van der Waals surface area contributed by atoms with Crippen molar-refractivity contribution >= 4 is 6.08 Å².